The molecule has 1 aliphatic carbocycles. The van der Waals surface area contributed by atoms with Gasteiger partial charge < -0.3 is 10.4 Å². The van der Waals surface area contributed by atoms with E-state index in [1.165, 1.54) is 10.4 Å². The molecule has 0 aromatic carbocycles. The number of hydrogen-bond acceptors (Lipinski definition) is 4. The minimum absolute atomic E-state index is 0.101. The number of carbonyl (C=O) groups is 1. The van der Waals surface area contributed by atoms with E-state index in [0.29, 0.717) is 0 Å². The predicted octanol–water partition coefficient (Wildman–Crippen LogP) is 4.26. The number of carboxylic acid groups (broad SMARTS) is 1. The third kappa shape index (κ3) is 2.91. The number of nitrogens with one attached hydrogen (secondary N) is 1. The second kappa shape index (κ2) is 5.85. The highest BCUT2D eigenvalue weighted by molar-refractivity contribution is 7.16. The fourth-order valence-electron chi connectivity index (χ4n) is 2.65. The summed E-state index contributed by atoms with van der Waals surface area (Å²) in [6.07, 6.45) is 2.14. The van der Waals surface area contributed by atoms with Gasteiger partial charge in [0.05, 0.1) is 16.8 Å². The van der Waals surface area contributed by atoms with Gasteiger partial charge in [0, 0.05) is 15.8 Å². The molecule has 3 rings (SSSR count). The molecule has 0 spiro atoms. The zero-order valence-corrected chi connectivity index (χ0v) is 13.0. The van der Waals surface area contributed by atoms with Crippen LogP contribution in [0.2, 0.25) is 4.34 Å². The van der Waals surface area contributed by atoms with Crippen LogP contribution in [0, 0.1) is 0 Å². The molecular formula is C14H14ClNO2S2. The predicted molar refractivity (Wildman–Crippen MR) is 82.8 cm³/mol. The van der Waals surface area contributed by atoms with Crippen LogP contribution >= 0.6 is 34.3 Å². The average Bonchev–Trinajstić information content (AvgIpc) is 3.06. The molecule has 0 bridgehead atoms. The first-order valence-corrected chi connectivity index (χ1v) is 8.50. The molecule has 106 valence electrons. The van der Waals surface area contributed by atoms with Gasteiger partial charge in [0.15, 0.2) is 0 Å². The van der Waals surface area contributed by atoms with E-state index in [1.807, 2.05) is 23.6 Å². The average molecular weight is 328 g/mol. The van der Waals surface area contributed by atoms with Crippen molar-refractivity contribution in [2.24, 2.45) is 0 Å². The topological polar surface area (TPSA) is 49.3 Å². The minimum atomic E-state index is -0.780. The van der Waals surface area contributed by atoms with Gasteiger partial charge in [0.1, 0.15) is 0 Å². The maximum absolute atomic E-state index is 11.1. The van der Waals surface area contributed by atoms with Crippen molar-refractivity contribution in [3.05, 3.63) is 43.2 Å². The van der Waals surface area contributed by atoms with Crippen LogP contribution in [-0.2, 0) is 11.2 Å². The Kier molecular flexibility index (Phi) is 4.12. The largest absolute Gasteiger partial charge is 0.481 e. The molecule has 0 fully saturated rings. The lowest BCUT2D eigenvalue weighted by atomic mass is 10.1. The fourth-order valence-corrected chi connectivity index (χ4v) is 4.80. The summed E-state index contributed by atoms with van der Waals surface area (Å²) in [6, 6.07) is 6.03. The van der Waals surface area contributed by atoms with E-state index in [9.17, 15) is 4.79 Å². The van der Waals surface area contributed by atoms with Crippen molar-refractivity contribution in [3.8, 4) is 0 Å². The van der Waals surface area contributed by atoms with Crippen LogP contribution in [0.1, 0.15) is 40.2 Å². The number of thiophene rings is 2. The summed E-state index contributed by atoms with van der Waals surface area (Å²) >= 11 is 9.29. The minimum Gasteiger partial charge on any atom is -0.481 e. The van der Waals surface area contributed by atoms with Gasteiger partial charge in [-0.1, -0.05) is 17.7 Å². The maximum Gasteiger partial charge on any atom is 0.305 e. The van der Waals surface area contributed by atoms with Crippen molar-refractivity contribution >= 4 is 40.2 Å². The van der Waals surface area contributed by atoms with Crippen molar-refractivity contribution in [3.63, 3.8) is 0 Å². The highest BCUT2D eigenvalue weighted by Gasteiger charge is 2.28. The number of halogens is 1. The van der Waals surface area contributed by atoms with Gasteiger partial charge in [0.2, 0.25) is 0 Å². The van der Waals surface area contributed by atoms with Gasteiger partial charge in [-0.25, -0.2) is 0 Å². The molecule has 0 amide bonds. The summed E-state index contributed by atoms with van der Waals surface area (Å²) in [6.45, 7) is 0. The first kappa shape index (κ1) is 14.1. The molecule has 2 heterocycles. The maximum atomic E-state index is 11.1. The van der Waals surface area contributed by atoms with Crippen LogP contribution in [0.3, 0.4) is 0 Å². The zero-order valence-electron chi connectivity index (χ0n) is 10.6. The van der Waals surface area contributed by atoms with E-state index in [0.717, 1.165) is 22.1 Å². The van der Waals surface area contributed by atoms with Crippen LogP contribution in [0.4, 0.5) is 0 Å². The Morgan fingerprint density at radius 3 is 3.15 bits per heavy atom. The molecule has 0 radical (unpaired) electrons. The van der Waals surface area contributed by atoms with Gasteiger partial charge >= 0.3 is 5.97 Å². The molecule has 2 N–H and O–H groups in total. The van der Waals surface area contributed by atoms with Crippen LogP contribution in [-0.4, -0.2) is 11.1 Å². The number of hydrogen-bond donors (Lipinski definition) is 2. The molecular weight excluding hydrogens is 314 g/mol. The van der Waals surface area contributed by atoms with E-state index < -0.39 is 5.97 Å². The van der Waals surface area contributed by atoms with E-state index in [1.54, 1.807) is 22.7 Å². The Hall–Kier alpha value is -0.880. The molecule has 2 atom stereocenters. The molecule has 2 aromatic rings. The first-order chi connectivity index (χ1) is 9.63. The number of aliphatic carboxylic acids is 1. The van der Waals surface area contributed by atoms with E-state index in [4.69, 9.17) is 16.7 Å². The van der Waals surface area contributed by atoms with Gasteiger partial charge in [-0.3, -0.25) is 4.79 Å². The Morgan fingerprint density at radius 2 is 2.45 bits per heavy atom. The lowest BCUT2D eigenvalue weighted by Crippen LogP contribution is -2.26. The van der Waals surface area contributed by atoms with Gasteiger partial charge in [-0.15, -0.1) is 22.7 Å². The summed E-state index contributed by atoms with van der Waals surface area (Å²) in [5.41, 5.74) is 1.24. The number of aryl methyl sites for hydroxylation is 1. The molecule has 20 heavy (non-hydrogen) atoms. The standard InChI is InChI=1S/C14H14ClNO2S2/c15-13-6-8-9(3-4-11(8)20-13)16-10(7-14(17)18)12-2-1-5-19-12/h1-2,5-6,9-10,16H,3-4,7H2,(H,17,18). The van der Waals surface area contributed by atoms with Crippen molar-refractivity contribution in [2.45, 2.75) is 31.3 Å². The summed E-state index contributed by atoms with van der Waals surface area (Å²) in [5.74, 6) is -0.780. The zero-order chi connectivity index (χ0) is 14.1. The molecule has 2 unspecified atom stereocenters. The Balaban J connectivity index is 1.79. The van der Waals surface area contributed by atoms with Crippen molar-refractivity contribution in [1.29, 1.82) is 0 Å². The van der Waals surface area contributed by atoms with Crippen molar-refractivity contribution in [2.75, 3.05) is 0 Å². The smallest absolute Gasteiger partial charge is 0.305 e. The highest BCUT2D eigenvalue weighted by atomic mass is 35.5. The van der Waals surface area contributed by atoms with Crippen LogP contribution in [0.5, 0.6) is 0 Å². The fraction of sp³-hybridized carbons (Fsp3) is 0.357. The third-order valence-electron chi connectivity index (χ3n) is 3.51. The quantitative estimate of drug-likeness (QED) is 0.862. The molecule has 2 aromatic heterocycles. The van der Waals surface area contributed by atoms with Gasteiger partial charge in [0.25, 0.3) is 0 Å². The normalized spacial score (nSPS) is 18.9. The Bertz CT molecular complexity index is 609. The second-order valence-corrected chi connectivity index (χ2v) is 7.60. The van der Waals surface area contributed by atoms with Crippen LogP contribution in [0.25, 0.3) is 0 Å². The first-order valence-electron chi connectivity index (χ1n) is 6.43. The lowest BCUT2D eigenvalue weighted by molar-refractivity contribution is -0.137. The lowest BCUT2D eigenvalue weighted by Gasteiger charge is -2.21. The second-order valence-electron chi connectivity index (χ2n) is 4.85. The van der Waals surface area contributed by atoms with Crippen molar-refractivity contribution in [1.82, 2.24) is 5.32 Å². The molecule has 0 saturated carbocycles. The molecule has 3 nitrogen and oxygen atoms in total. The van der Waals surface area contributed by atoms with E-state index >= 15 is 0 Å². The highest BCUT2D eigenvalue weighted by Crippen LogP contribution is 2.40. The van der Waals surface area contributed by atoms with Crippen LogP contribution in [0.15, 0.2) is 23.6 Å². The summed E-state index contributed by atoms with van der Waals surface area (Å²) < 4.78 is 0.812. The summed E-state index contributed by atoms with van der Waals surface area (Å²) in [5, 5.41) is 14.6. The van der Waals surface area contributed by atoms with E-state index in [-0.39, 0.29) is 18.5 Å². The number of rotatable bonds is 5. The van der Waals surface area contributed by atoms with Crippen LogP contribution < -0.4 is 5.32 Å². The monoisotopic (exact) mass is 327 g/mol. The van der Waals surface area contributed by atoms with Gasteiger partial charge in [-0.2, -0.15) is 0 Å². The third-order valence-corrected chi connectivity index (χ3v) is 5.84. The summed E-state index contributed by atoms with van der Waals surface area (Å²) in [7, 11) is 0. The molecule has 0 saturated heterocycles. The SMILES string of the molecule is O=C(O)CC(NC1CCc2sc(Cl)cc21)c1cccs1. The van der Waals surface area contributed by atoms with Crippen molar-refractivity contribution < 1.29 is 9.90 Å². The summed E-state index contributed by atoms with van der Waals surface area (Å²) in [4.78, 5) is 13.5. The molecule has 1 aliphatic rings. The van der Waals surface area contributed by atoms with Gasteiger partial charge in [-0.05, 0) is 35.9 Å². The molecule has 6 heteroatoms. The Labute approximate surface area is 130 Å². The number of fused-ring (bicyclic) bond motifs is 1. The number of carboxylic acids is 1. The Morgan fingerprint density at radius 1 is 1.60 bits per heavy atom. The van der Waals surface area contributed by atoms with E-state index in [2.05, 4.69) is 5.32 Å². The molecule has 0 aliphatic heterocycles.